The molecular formula is C16H15F2N3O2. The minimum Gasteiger partial charge on any atom is -0.378 e. The van der Waals surface area contributed by atoms with E-state index < -0.39 is 17.5 Å². The van der Waals surface area contributed by atoms with Crippen LogP contribution in [0.5, 0.6) is 0 Å². The first-order valence-electron chi connectivity index (χ1n) is 7.20. The van der Waals surface area contributed by atoms with E-state index >= 15 is 0 Å². The molecule has 7 heteroatoms. The smallest absolute Gasteiger partial charge is 0.259 e. The Kier molecular flexibility index (Phi) is 4.47. The molecule has 2 aromatic rings. The van der Waals surface area contributed by atoms with Gasteiger partial charge in [-0.25, -0.2) is 13.8 Å². The lowest BCUT2D eigenvalue weighted by atomic mass is 10.2. The third-order valence-electron chi connectivity index (χ3n) is 3.54. The van der Waals surface area contributed by atoms with E-state index in [0.717, 1.165) is 6.07 Å². The zero-order valence-electron chi connectivity index (χ0n) is 12.3. The van der Waals surface area contributed by atoms with Crippen LogP contribution < -0.4 is 10.2 Å². The lowest BCUT2D eigenvalue weighted by Crippen LogP contribution is -2.38. The average molecular weight is 319 g/mol. The van der Waals surface area contributed by atoms with Crippen LogP contribution in [0.2, 0.25) is 0 Å². The number of halogens is 2. The van der Waals surface area contributed by atoms with Crippen LogP contribution in [-0.4, -0.2) is 37.2 Å². The number of amides is 1. The van der Waals surface area contributed by atoms with Gasteiger partial charge in [0.15, 0.2) is 11.6 Å². The van der Waals surface area contributed by atoms with Crippen LogP contribution in [0, 0.1) is 11.6 Å². The number of pyridine rings is 1. The van der Waals surface area contributed by atoms with Gasteiger partial charge in [0.2, 0.25) is 0 Å². The largest absolute Gasteiger partial charge is 0.378 e. The fourth-order valence-corrected chi connectivity index (χ4v) is 2.39. The number of aromatic nitrogens is 1. The number of morpholine rings is 1. The number of rotatable bonds is 3. The topological polar surface area (TPSA) is 54.5 Å². The summed E-state index contributed by atoms with van der Waals surface area (Å²) in [4.78, 5) is 18.6. The van der Waals surface area contributed by atoms with Gasteiger partial charge < -0.3 is 15.0 Å². The second-order valence-electron chi connectivity index (χ2n) is 5.03. The first-order valence-corrected chi connectivity index (χ1v) is 7.20. The molecule has 0 saturated carbocycles. The van der Waals surface area contributed by atoms with Gasteiger partial charge in [-0.3, -0.25) is 4.79 Å². The normalized spacial score (nSPS) is 14.6. The number of carbonyl (C=O) groups excluding carboxylic acids is 1. The van der Waals surface area contributed by atoms with Gasteiger partial charge in [-0.05, 0) is 24.3 Å². The van der Waals surface area contributed by atoms with Crippen molar-refractivity contribution in [1.82, 2.24) is 4.98 Å². The van der Waals surface area contributed by atoms with Crippen molar-refractivity contribution in [3.63, 3.8) is 0 Å². The predicted molar refractivity (Wildman–Crippen MR) is 81.6 cm³/mol. The Morgan fingerprint density at radius 1 is 1.17 bits per heavy atom. The second-order valence-corrected chi connectivity index (χ2v) is 5.03. The summed E-state index contributed by atoms with van der Waals surface area (Å²) in [6.07, 6.45) is 1.59. The van der Waals surface area contributed by atoms with Crippen molar-refractivity contribution in [2.75, 3.05) is 36.5 Å². The SMILES string of the molecule is O=C(Nc1cccc(F)c1F)c1cccnc1N1CCOCC1. The van der Waals surface area contributed by atoms with Crippen LogP contribution in [0.25, 0.3) is 0 Å². The average Bonchev–Trinajstić information content (AvgIpc) is 2.60. The number of ether oxygens (including phenoxy) is 1. The Morgan fingerprint density at radius 3 is 2.74 bits per heavy atom. The quantitative estimate of drug-likeness (QED) is 0.944. The van der Waals surface area contributed by atoms with Crippen molar-refractivity contribution in [3.8, 4) is 0 Å². The summed E-state index contributed by atoms with van der Waals surface area (Å²) in [6.45, 7) is 2.34. The van der Waals surface area contributed by atoms with Crippen molar-refractivity contribution in [2.45, 2.75) is 0 Å². The van der Waals surface area contributed by atoms with Gasteiger partial charge in [0.05, 0.1) is 24.5 Å². The van der Waals surface area contributed by atoms with Crippen LogP contribution in [0.15, 0.2) is 36.5 Å². The molecule has 23 heavy (non-hydrogen) atoms. The van der Waals surface area contributed by atoms with Gasteiger partial charge in [0.1, 0.15) is 5.82 Å². The van der Waals surface area contributed by atoms with Gasteiger partial charge in [0, 0.05) is 19.3 Å². The maximum Gasteiger partial charge on any atom is 0.259 e. The Balaban J connectivity index is 1.86. The molecule has 1 saturated heterocycles. The van der Waals surface area contributed by atoms with Gasteiger partial charge in [0.25, 0.3) is 5.91 Å². The summed E-state index contributed by atoms with van der Waals surface area (Å²) < 4.78 is 32.2. The predicted octanol–water partition coefficient (Wildman–Crippen LogP) is 2.45. The van der Waals surface area contributed by atoms with Crippen LogP contribution in [-0.2, 0) is 4.74 Å². The summed E-state index contributed by atoms with van der Waals surface area (Å²) in [5.74, 6) is -2.13. The summed E-state index contributed by atoms with van der Waals surface area (Å²) in [7, 11) is 0. The molecule has 1 aliphatic rings. The van der Waals surface area contributed by atoms with E-state index in [1.165, 1.54) is 12.1 Å². The Hall–Kier alpha value is -2.54. The van der Waals surface area contributed by atoms with Crippen molar-refractivity contribution >= 4 is 17.4 Å². The molecule has 5 nitrogen and oxygen atoms in total. The van der Waals surface area contributed by atoms with Crippen molar-refractivity contribution in [3.05, 3.63) is 53.7 Å². The summed E-state index contributed by atoms with van der Waals surface area (Å²) in [5.41, 5.74) is 0.102. The van der Waals surface area contributed by atoms with Crippen LogP contribution >= 0.6 is 0 Å². The van der Waals surface area contributed by atoms with Crippen LogP contribution in [0.3, 0.4) is 0 Å². The standard InChI is InChI=1S/C16H15F2N3O2/c17-12-4-1-5-13(14(12)18)20-16(22)11-3-2-6-19-15(11)21-7-9-23-10-8-21/h1-6H,7-10H2,(H,20,22). The molecular weight excluding hydrogens is 304 g/mol. The zero-order valence-corrected chi connectivity index (χ0v) is 12.3. The molecule has 1 N–H and O–H groups in total. The van der Waals surface area contributed by atoms with Crippen molar-refractivity contribution in [1.29, 1.82) is 0 Å². The molecule has 120 valence electrons. The monoisotopic (exact) mass is 319 g/mol. The molecule has 1 fully saturated rings. The molecule has 1 aromatic carbocycles. The molecule has 1 aliphatic heterocycles. The maximum absolute atomic E-state index is 13.7. The summed E-state index contributed by atoms with van der Waals surface area (Å²) in [5, 5.41) is 2.39. The molecule has 0 bridgehead atoms. The van der Waals surface area contributed by atoms with E-state index in [4.69, 9.17) is 4.74 Å². The van der Waals surface area contributed by atoms with Gasteiger partial charge in [-0.2, -0.15) is 0 Å². The molecule has 0 radical (unpaired) electrons. The lowest BCUT2D eigenvalue weighted by Gasteiger charge is -2.29. The molecule has 0 aliphatic carbocycles. The van der Waals surface area contributed by atoms with Crippen LogP contribution in [0.4, 0.5) is 20.3 Å². The Morgan fingerprint density at radius 2 is 1.96 bits per heavy atom. The summed E-state index contributed by atoms with van der Waals surface area (Å²) >= 11 is 0. The maximum atomic E-state index is 13.7. The molecule has 2 heterocycles. The van der Waals surface area contributed by atoms with Crippen molar-refractivity contribution in [2.24, 2.45) is 0 Å². The Bertz CT molecular complexity index is 718. The van der Waals surface area contributed by atoms with E-state index in [2.05, 4.69) is 10.3 Å². The van der Waals surface area contributed by atoms with Gasteiger partial charge >= 0.3 is 0 Å². The molecule has 1 amide bonds. The number of benzene rings is 1. The van der Waals surface area contributed by atoms with E-state index in [1.807, 2.05) is 4.90 Å². The minimum absolute atomic E-state index is 0.202. The highest BCUT2D eigenvalue weighted by atomic mass is 19.2. The highest BCUT2D eigenvalue weighted by Gasteiger charge is 2.21. The lowest BCUT2D eigenvalue weighted by molar-refractivity contribution is 0.102. The van der Waals surface area contributed by atoms with Crippen molar-refractivity contribution < 1.29 is 18.3 Å². The molecule has 0 unspecified atom stereocenters. The van der Waals surface area contributed by atoms with E-state index in [-0.39, 0.29) is 5.69 Å². The zero-order chi connectivity index (χ0) is 16.2. The molecule has 0 spiro atoms. The van der Waals surface area contributed by atoms with Crippen LogP contribution in [0.1, 0.15) is 10.4 Å². The Labute approximate surface area is 131 Å². The fraction of sp³-hybridized carbons (Fsp3) is 0.250. The summed E-state index contributed by atoms with van der Waals surface area (Å²) in [6, 6.07) is 6.86. The third-order valence-corrected chi connectivity index (χ3v) is 3.54. The first-order chi connectivity index (χ1) is 11.2. The van der Waals surface area contributed by atoms with E-state index in [1.54, 1.807) is 18.3 Å². The van der Waals surface area contributed by atoms with E-state index in [9.17, 15) is 13.6 Å². The van der Waals surface area contributed by atoms with Gasteiger partial charge in [-0.1, -0.05) is 6.07 Å². The minimum atomic E-state index is -1.09. The van der Waals surface area contributed by atoms with Gasteiger partial charge in [-0.15, -0.1) is 0 Å². The number of anilines is 2. The second kappa shape index (κ2) is 6.70. The number of carbonyl (C=O) groups is 1. The molecule has 1 aromatic heterocycles. The van der Waals surface area contributed by atoms with E-state index in [0.29, 0.717) is 37.7 Å². The third kappa shape index (κ3) is 3.29. The molecule has 0 atom stereocenters. The number of nitrogens with one attached hydrogen (secondary N) is 1. The highest BCUT2D eigenvalue weighted by Crippen LogP contribution is 2.22. The first kappa shape index (κ1) is 15.4. The fourth-order valence-electron chi connectivity index (χ4n) is 2.39. The highest BCUT2D eigenvalue weighted by molar-refractivity contribution is 6.07. The number of nitrogens with zero attached hydrogens (tertiary/aromatic N) is 2. The number of hydrogen-bond acceptors (Lipinski definition) is 4. The number of hydrogen-bond donors (Lipinski definition) is 1. The molecule has 3 rings (SSSR count).